The molecule has 5 heteroatoms. The molecular weight excluding hydrogens is 350 g/mol. The van der Waals surface area contributed by atoms with Crippen molar-refractivity contribution in [2.75, 3.05) is 11.9 Å². The van der Waals surface area contributed by atoms with Crippen LogP contribution in [0.5, 0.6) is 5.75 Å². The van der Waals surface area contributed by atoms with Crippen molar-refractivity contribution in [1.82, 2.24) is 5.32 Å². The number of ether oxygens (including phenoxy) is 1. The molecular formula is C23H35N3O2. The molecule has 0 saturated heterocycles. The van der Waals surface area contributed by atoms with Gasteiger partial charge < -0.3 is 21.1 Å². The van der Waals surface area contributed by atoms with E-state index in [9.17, 15) is 4.79 Å². The Morgan fingerprint density at radius 2 is 1.79 bits per heavy atom. The molecule has 0 aromatic heterocycles. The second-order valence-corrected chi connectivity index (χ2v) is 6.71. The molecule has 0 aliphatic heterocycles. The van der Waals surface area contributed by atoms with Gasteiger partial charge in [-0.2, -0.15) is 0 Å². The van der Waals surface area contributed by atoms with Crippen LogP contribution in [-0.4, -0.2) is 18.6 Å². The summed E-state index contributed by atoms with van der Waals surface area (Å²) >= 11 is 0. The van der Waals surface area contributed by atoms with Crippen LogP contribution in [0.4, 0.5) is 10.5 Å². The lowest BCUT2D eigenvalue weighted by Gasteiger charge is -2.13. The van der Waals surface area contributed by atoms with Crippen molar-refractivity contribution in [3.05, 3.63) is 59.7 Å². The number of rotatable bonds is 9. The molecule has 0 aliphatic carbocycles. The van der Waals surface area contributed by atoms with Gasteiger partial charge in [0.25, 0.3) is 0 Å². The third-order valence-electron chi connectivity index (χ3n) is 4.30. The number of amides is 2. The van der Waals surface area contributed by atoms with Crippen LogP contribution in [0.15, 0.2) is 48.5 Å². The number of primary amides is 1. The van der Waals surface area contributed by atoms with E-state index < -0.39 is 6.03 Å². The van der Waals surface area contributed by atoms with Gasteiger partial charge in [-0.15, -0.1) is 0 Å². The summed E-state index contributed by atoms with van der Waals surface area (Å²) in [6.45, 7) is 10.3. The summed E-state index contributed by atoms with van der Waals surface area (Å²) in [5, 5.41) is 5.98. The predicted molar refractivity (Wildman–Crippen MR) is 118 cm³/mol. The number of benzene rings is 2. The van der Waals surface area contributed by atoms with Crippen LogP contribution in [0.3, 0.4) is 0 Å². The van der Waals surface area contributed by atoms with Crippen molar-refractivity contribution in [3.8, 4) is 5.75 Å². The Balaban J connectivity index is 0.000000416. The highest BCUT2D eigenvalue weighted by Crippen LogP contribution is 2.27. The molecule has 0 heterocycles. The molecule has 154 valence electrons. The summed E-state index contributed by atoms with van der Waals surface area (Å²) in [5.41, 5.74) is 7.97. The standard InChI is InChI=1S/C16H18N2O2.C7H17N/c1-2-12-8-9-15(14(10-12)18-16(17)19)20-11-13-6-4-3-5-7-13;1-4-6-8-7(3)5-2/h3-10H,2,11H2,1H3,(H3,17,18,19);7-8H,4-6H2,1-3H3. The lowest BCUT2D eigenvalue weighted by Crippen LogP contribution is -2.25. The van der Waals surface area contributed by atoms with Gasteiger partial charge in [-0.1, -0.05) is 57.2 Å². The monoisotopic (exact) mass is 385 g/mol. The Bertz CT molecular complexity index is 690. The van der Waals surface area contributed by atoms with Crippen LogP contribution in [0.25, 0.3) is 0 Å². The molecule has 2 aromatic rings. The summed E-state index contributed by atoms with van der Waals surface area (Å²) < 4.78 is 5.75. The molecule has 2 rings (SSSR count). The molecule has 0 saturated carbocycles. The molecule has 1 unspecified atom stereocenters. The molecule has 0 spiro atoms. The van der Waals surface area contributed by atoms with Crippen LogP contribution in [0.1, 0.15) is 51.7 Å². The topological polar surface area (TPSA) is 76.4 Å². The number of carbonyl (C=O) groups excluding carboxylic acids is 1. The van der Waals surface area contributed by atoms with Gasteiger partial charge >= 0.3 is 6.03 Å². The van der Waals surface area contributed by atoms with Crippen LogP contribution in [0.2, 0.25) is 0 Å². The zero-order valence-electron chi connectivity index (χ0n) is 17.6. The Morgan fingerprint density at radius 1 is 1.07 bits per heavy atom. The summed E-state index contributed by atoms with van der Waals surface area (Å²) in [4.78, 5) is 11.1. The number of aryl methyl sites for hydroxylation is 1. The number of anilines is 1. The van der Waals surface area contributed by atoms with Crippen LogP contribution < -0.4 is 21.1 Å². The average Bonchev–Trinajstić information content (AvgIpc) is 2.71. The second kappa shape index (κ2) is 13.6. The first-order valence-corrected chi connectivity index (χ1v) is 10.1. The smallest absolute Gasteiger partial charge is 0.316 e. The Hall–Kier alpha value is -2.53. The highest BCUT2D eigenvalue weighted by molar-refractivity contribution is 5.89. The van der Waals surface area contributed by atoms with Gasteiger partial charge in [0.15, 0.2) is 0 Å². The first kappa shape index (κ1) is 23.5. The molecule has 28 heavy (non-hydrogen) atoms. The van der Waals surface area contributed by atoms with Crippen molar-refractivity contribution in [3.63, 3.8) is 0 Å². The molecule has 0 radical (unpaired) electrons. The SMILES string of the molecule is CCCNC(C)CC.CCc1ccc(OCc2ccccc2)c(NC(N)=O)c1. The van der Waals surface area contributed by atoms with E-state index in [0.29, 0.717) is 24.1 Å². The first-order chi connectivity index (χ1) is 13.5. The summed E-state index contributed by atoms with van der Waals surface area (Å²) in [5.74, 6) is 0.616. The molecule has 0 aliphatic rings. The van der Waals surface area contributed by atoms with E-state index in [2.05, 4.69) is 31.4 Å². The largest absolute Gasteiger partial charge is 0.487 e. The second-order valence-electron chi connectivity index (χ2n) is 6.71. The van der Waals surface area contributed by atoms with Crippen LogP contribution >= 0.6 is 0 Å². The Labute approximate surface area is 169 Å². The Morgan fingerprint density at radius 3 is 2.36 bits per heavy atom. The van der Waals surface area contributed by atoms with Gasteiger partial charge in [0, 0.05) is 6.04 Å². The van der Waals surface area contributed by atoms with Gasteiger partial charge in [-0.25, -0.2) is 4.79 Å². The summed E-state index contributed by atoms with van der Waals surface area (Å²) in [6.07, 6.45) is 3.36. The Kier molecular flexibility index (Phi) is 11.4. The van der Waals surface area contributed by atoms with E-state index in [4.69, 9.17) is 10.5 Å². The highest BCUT2D eigenvalue weighted by Gasteiger charge is 2.07. The normalized spacial score (nSPS) is 11.1. The lowest BCUT2D eigenvalue weighted by molar-refractivity contribution is 0.259. The molecule has 0 bridgehead atoms. The summed E-state index contributed by atoms with van der Waals surface area (Å²) in [7, 11) is 0. The zero-order chi connectivity index (χ0) is 20.8. The lowest BCUT2D eigenvalue weighted by atomic mass is 10.1. The fraction of sp³-hybridized carbons (Fsp3) is 0.435. The molecule has 2 amide bonds. The minimum Gasteiger partial charge on any atom is -0.487 e. The van der Waals surface area contributed by atoms with Gasteiger partial charge in [-0.05, 0) is 56.0 Å². The molecule has 2 aromatic carbocycles. The van der Waals surface area contributed by atoms with Crippen molar-refractivity contribution in [1.29, 1.82) is 0 Å². The van der Waals surface area contributed by atoms with E-state index in [0.717, 1.165) is 24.1 Å². The van der Waals surface area contributed by atoms with Gasteiger partial charge in [0.05, 0.1) is 5.69 Å². The quantitative estimate of drug-likeness (QED) is 0.562. The number of hydrogen-bond acceptors (Lipinski definition) is 3. The third-order valence-corrected chi connectivity index (χ3v) is 4.30. The number of nitrogens with two attached hydrogens (primary N) is 1. The summed E-state index contributed by atoms with van der Waals surface area (Å²) in [6, 6.07) is 15.7. The average molecular weight is 386 g/mol. The van der Waals surface area contributed by atoms with Crippen molar-refractivity contribution in [2.45, 2.75) is 59.6 Å². The maximum absolute atomic E-state index is 11.1. The number of nitrogens with one attached hydrogen (secondary N) is 2. The highest BCUT2D eigenvalue weighted by atomic mass is 16.5. The van der Waals surface area contributed by atoms with E-state index in [1.807, 2.05) is 55.5 Å². The van der Waals surface area contributed by atoms with Crippen molar-refractivity contribution >= 4 is 11.7 Å². The van der Waals surface area contributed by atoms with Gasteiger partial charge in [-0.3, -0.25) is 0 Å². The fourth-order valence-corrected chi connectivity index (χ4v) is 2.42. The number of urea groups is 1. The van der Waals surface area contributed by atoms with Crippen molar-refractivity contribution in [2.24, 2.45) is 5.73 Å². The number of hydrogen-bond donors (Lipinski definition) is 3. The predicted octanol–water partition coefficient (Wildman–Crippen LogP) is 5.10. The minimum atomic E-state index is -0.595. The van der Waals surface area contributed by atoms with E-state index >= 15 is 0 Å². The molecule has 0 fully saturated rings. The van der Waals surface area contributed by atoms with E-state index in [1.54, 1.807) is 0 Å². The molecule has 1 atom stereocenters. The maximum atomic E-state index is 11.1. The van der Waals surface area contributed by atoms with E-state index in [-0.39, 0.29) is 0 Å². The maximum Gasteiger partial charge on any atom is 0.316 e. The minimum absolute atomic E-state index is 0.444. The zero-order valence-corrected chi connectivity index (χ0v) is 17.6. The van der Waals surface area contributed by atoms with Gasteiger partial charge in [0.1, 0.15) is 12.4 Å². The number of carbonyl (C=O) groups is 1. The van der Waals surface area contributed by atoms with Gasteiger partial charge in [0.2, 0.25) is 0 Å². The van der Waals surface area contributed by atoms with Crippen LogP contribution in [-0.2, 0) is 13.0 Å². The van der Waals surface area contributed by atoms with Crippen molar-refractivity contribution < 1.29 is 9.53 Å². The first-order valence-electron chi connectivity index (χ1n) is 10.1. The molecule has 4 N–H and O–H groups in total. The molecule has 5 nitrogen and oxygen atoms in total. The van der Waals surface area contributed by atoms with Crippen LogP contribution in [0, 0.1) is 0 Å². The fourth-order valence-electron chi connectivity index (χ4n) is 2.42. The van der Waals surface area contributed by atoms with E-state index in [1.165, 1.54) is 12.8 Å². The third kappa shape index (κ3) is 9.42.